The van der Waals surface area contributed by atoms with E-state index < -0.39 is 5.91 Å². The lowest BCUT2D eigenvalue weighted by molar-refractivity contribution is 0.100. The Bertz CT molecular complexity index is 593. The van der Waals surface area contributed by atoms with Gasteiger partial charge in [-0.05, 0) is 29.8 Å². The standard InChI is InChI=1S/C14H13NO3/c1-18-13-8-11(16)5-6-12(13)9-3-2-4-10(7-9)14(15)17/h2-8,16H,1H3,(H2,15,17). The van der Waals surface area contributed by atoms with Crippen LogP contribution in [-0.2, 0) is 0 Å². The number of nitrogens with two attached hydrogens (primary N) is 1. The van der Waals surface area contributed by atoms with Gasteiger partial charge < -0.3 is 15.6 Å². The molecule has 4 nitrogen and oxygen atoms in total. The van der Waals surface area contributed by atoms with E-state index >= 15 is 0 Å². The third-order valence-electron chi connectivity index (χ3n) is 2.64. The van der Waals surface area contributed by atoms with Gasteiger partial charge in [0.05, 0.1) is 7.11 Å². The van der Waals surface area contributed by atoms with Crippen molar-refractivity contribution in [1.82, 2.24) is 0 Å². The van der Waals surface area contributed by atoms with Crippen LogP contribution in [0.3, 0.4) is 0 Å². The summed E-state index contributed by atoms with van der Waals surface area (Å²) in [6.07, 6.45) is 0. The van der Waals surface area contributed by atoms with Crippen LogP contribution in [0.25, 0.3) is 11.1 Å². The van der Waals surface area contributed by atoms with E-state index in [0.717, 1.165) is 11.1 Å². The highest BCUT2D eigenvalue weighted by Crippen LogP contribution is 2.33. The minimum absolute atomic E-state index is 0.127. The monoisotopic (exact) mass is 243 g/mol. The molecule has 2 aromatic carbocycles. The van der Waals surface area contributed by atoms with Crippen LogP contribution >= 0.6 is 0 Å². The molecule has 4 heteroatoms. The number of carbonyl (C=O) groups excluding carboxylic acids is 1. The average Bonchev–Trinajstić information content (AvgIpc) is 2.38. The van der Waals surface area contributed by atoms with Gasteiger partial charge in [-0.25, -0.2) is 0 Å². The van der Waals surface area contributed by atoms with Crippen molar-refractivity contribution in [3.05, 3.63) is 48.0 Å². The lowest BCUT2D eigenvalue weighted by atomic mass is 10.0. The molecular weight excluding hydrogens is 230 g/mol. The maximum atomic E-state index is 11.1. The van der Waals surface area contributed by atoms with E-state index in [2.05, 4.69) is 0 Å². The number of phenols is 1. The summed E-state index contributed by atoms with van der Waals surface area (Å²) in [5.41, 5.74) is 7.28. The highest BCUT2D eigenvalue weighted by molar-refractivity contribution is 5.94. The van der Waals surface area contributed by atoms with Gasteiger partial charge >= 0.3 is 0 Å². The predicted octanol–water partition coefficient (Wildman–Crippen LogP) is 2.17. The summed E-state index contributed by atoms with van der Waals surface area (Å²) in [5, 5.41) is 9.40. The maximum absolute atomic E-state index is 11.1. The molecule has 0 heterocycles. The van der Waals surface area contributed by atoms with Crippen LogP contribution in [0.1, 0.15) is 10.4 Å². The zero-order valence-corrected chi connectivity index (χ0v) is 9.88. The van der Waals surface area contributed by atoms with Gasteiger partial charge in [-0.15, -0.1) is 0 Å². The van der Waals surface area contributed by atoms with Crippen molar-refractivity contribution in [3.63, 3.8) is 0 Å². The second kappa shape index (κ2) is 4.79. The molecule has 0 saturated heterocycles. The zero-order chi connectivity index (χ0) is 13.1. The number of hydrogen-bond acceptors (Lipinski definition) is 3. The molecule has 0 spiro atoms. The molecule has 0 aliphatic rings. The van der Waals surface area contributed by atoms with Gasteiger partial charge in [-0.3, -0.25) is 4.79 Å². The Labute approximate surface area is 105 Å². The Morgan fingerprint density at radius 2 is 2.00 bits per heavy atom. The number of rotatable bonds is 3. The average molecular weight is 243 g/mol. The molecular formula is C14H13NO3. The number of phenolic OH excluding ortho intramolecular Hbond substituents is 1. The summed E-state index contributed by atoms with van der Waals surface area (Å²) < 4.78 is 5.20. The number of benzene rings is 2. The fraction of sp³-hybridized carbons (Fsp3) is 0.0714. The minimum Gasteiger partial charge on any atom is -0.508 e. The summed E-state index contributed by atoms with van der Waals surface area (Å²) in [6, 6.07) is 11.8. The van der Waals surface area contributed by atoms with Crippen molar-refractivity contribution in [2.45, 2.75) is 0 Å². The first-order valence-electron chi connectivity index (χ1n) is 5.39. The first-order chi connectivity index (χ1) is 8.61. The molecule has 3 N–H and O–H groups in total. The molecule has 2 aromatic rings. The molecule has 18 heavy (non-hydrogen) atoms. The highest BCUT2D eigenvalue weighted by atomic mass is 16.5. The molecule has 2 rings (SSSR count). The lowest BCUT2D eigenvalue weighted by Crippen LogP contribution is -2.10. The van der Waals surface area contributed by atoms with E-state index in [-0.39, 0.29) is 5.75 Å². The van der Waals surface area contributed by atoms with Crippen LogP contribution in [0.4, 0.5) is 0 Å². The predicted molar refractivity (Wildman–Crippen MR) is 68.6 cm³/mol. The molecule has 0 aliphatic carbocycles. The summed E-state index contributed by atoms with van der Waals surface area (Å²) >= 11 is 0. The summed E-state index contributed by atoms with van der Waals surface area (Å²) in [5.74, 6) is 0.188. The van der Waals surface area contributed by atoms with Crippen LogP contribution < -0.4 is 10.5 Å². The van der Waals surface area contributed by atoms with Gasteiger partial charge in [-0.1, -0.05) is 12.1 Å². The minimum atomic E-state index is -0.477. The summed E-state index contributed by atoms with van der Waals surface area (Å²) in [6.45, 7) is 0. The zero-order valence-electron chi connectivity index (χ0n) is 9.88. The first-order valence-corrected chi connectivity index (χ1v) is 5.39. The van der Waals surface area contributed by atoms with Crippen molar-refractivity contribution in [3.8, 4) is 22.6 Å². The van der Waals surface area contributed by atoms with Crippen LogP contribution in [0, 0.1) is 0 Å². The lowest BCUT2D eigenvalue weighted by Gasteiger charge is -2.09. The van der Waals surface area contributed by atoms with Crippen LogP contribution in [0.2, 0.25) is 0 Å². The second-order valence-electron chi connectivity index (χ2n) is 3.83. The maximum Gasteiger partial charge on any atom is 0.248 e. The molecule has 92 valence electrons. The number of ether oxygens (including phenoxy) is 1. The Hall–Kier alpha value is -2.49. The summed E-state index contributed by atoms with van der Waals surface area (Å²) in [7, 11) is 1.52. The van der Waals surface area contributed by atoms with Crippen LogP contribution in [0.5, 0.6) is 11.5 Å². The van der Waals surface area contributed by atoms with Gasteiger partial charge in [-0.2, -0.15) is 0 Å². The van der Waals surface area contributed by atoms with Gasteiger partial charge in [0.25, 0.3) is 0 Å². The quantitative estimate of drug-likeness (QED) is 0.867. The van der Waals surface area contributed by atoms with Crippen LogP contribution in [0.15, 0.2) is 42.5 Å². The molecule has 0 bridgehead atoms. The van der Waals surface area contributed by atoms with Crippen molar-refractivity contribution < 1.29 is 14.6 Å². The third kappa shape index (κ3) is 2.27. The molecule has 0 radical (unpaired) electrons. The first kappa shape index (κ1) is 12.0. The fourth-order valence-electron chi connectivity index (χ4n) is 1.76. The van der Waals surface area contributed by atoms with E-state index in [9.17, 15) is 9.90 Å². The number of hydrogen-bond donors (Lipinski definition) is 2. The normalized spacial score (nSPS) is 10.1. The van der Waals surface area contributed by atoms with Crippen molar-refractivity contribution in [1.29, 1.82) is 0 Å². The number of primary amides is 1. The van der Waals surface area contributed by atoms with E-state index in [1.54, 1.807) is 30.3 Å². The van der Waals surface area contributed by atoms with Crippen molar-refractivity contribution >= 4 is 5.91 Å². The largest absolute Gasteiger partial charge is 0.508 e. The van der Waals surface area contributed by atoms with Crippen molar-refractivity contribution in [2.24, 2.45) is 5.73 Å². The molecule has 0 atom stereocenters. The number of carbonyl (C=O) groups is 1. The number of methoxy groups -OCH3 is 1. The third-order valence-corrected chi connectivity index (χ3v) is 2.64. The topological polar surface area (TPSA) is 72.6 Å². The van der Waals surface area contributed by atoms with Crippen molar-refractivity contribution in [2.75, 3.05) is 7.11 Å². The fourth-order valence-corrected chi connectivity index (χ4v) is 1.76. The van der Waals surface area contributed by atoms with Gasteiger partial charge in [0.1, 0.15) is 11.5 Å². The molecule has 0 aromatic heterocycles. The number of amides is 1. The molecule has 0 saturated carbocycles. The van der Waals surface area contributed by atoms with Gasteiger partial charge in [0, 0.05) is 17.2 Å². The Kier molecular flexibility index (Phi) is 3.19. The highest BCUT2D eigenvalue weighted by Gasteiger charge is 2.08. The molecule has 0 aliphatic heterocycles. The van der Waals surface area contributed by atoms with Crippen LogP contribution in [-0.4, -0.2) is 18.1 Å². The molecule has 0 fully saturated rings. The van der Waals surface area contributed by atoms with E-state index in [1.807, 2.05) is 6.07 Å². The smallest absolute Gasteiger partial charge is 0.248 e. The van der Waals surface area contributed by atoms with Gasteiger partial charge in [0.2, 0.25) is 5.91 Å². The van der Waals surface area contributed by atoms with E-state index in [4.69, 9.17) is 10.5 Å². The SMILES string of the molecule is COc1cc(O)ccc1-c1cccc(C(N)=O)c1. The number of aromatic hydroxyl groups is 1. The van der Waals surface area contributed by atoms with E-state index in [0.29, 0.717) is 11.3 Å². The van der Waals surface area contributed by atoms with E-state index in [1.165, 1.54) is 13.2 Å². The Morgan fingerprint density at radius 3 is 2.67 bits per heavy atom. The Balaban J connectivity index is 2.54. The Morgan fingerprint density at radius 1 is 1.22 bits per heavy atom. The summed E-state index contributed by atoms with van der Waals surface area (Å²) in [4.78, 5) is 11.1. The second-order valence-corrected chi connectivity index (χ2v) is 3.83. The molecule has 1 amide bonds. The van der Waals surface area contributed by atoms with Gasteiger partial charge in [0.15, 0.2) is 0 Å². The molecule has 0 unspecified atom stereocenters.